The molecule has 0 heterocycles. The Balaban J connectivity index is 2.24. The van der Waals surface area contributed by atoms with E-state index < -0.39 is 45.5 Å². The van der Waals surface area contributed by atoms with Gasteiger partial charge in [-0.1, -0.05) is 0 Å². The van der Waals surface area contributed by atoms with Crippen LogP contribution in [0.25, 0.3) is 0 Å². The molecule has 0 unspecified atom stereocenters. The van der Waals surface area contributed by atoms with Gasteiger partial charge in [0, 0.05) is 0 Å². The second-order valence-electron chi connectivity index (χ2n) is 7.78. The van der Waals surface area contributed by atoms with E-state index in [1.807, 2.05) is 0 Å². The molecule has 2 N–H and O–H groups in total. The van der Waals surface area contributed by atoms with Gasteiger partial charge in [-0.3, -0.25) is 19.2 Å². The quantitative estimate of drug-likeness (QED) is 0.720. The SMILES string of the molecule is COC(=O)C12CC3(C(=O)O)CC(C(=O)O)(C1)CC(C(=O)OC)(C3)C2. The summed E-state index contributed by atoms with van der Waals surface area (Å²) in [6, 6.07) is 0. The van der Waals surface area contributed by atoms with Crippen molar-refractivity contribution in [1.82, 2.24) is 0 Å². The van der Waals surface area contributed by atoms with Crippen molar-refractivity contribution in [3.63, 3.8) is 0 Å². The Hall–Kier alpha value is -2.12. The van der Waals surface area contributed by atoms with E-state index in [0.29, 0.717) is 0 Å². The summed E-state index contributed by atoms with van der Waals surface area (Å²) in [7, 11) is 2.37. The molecule has 0 aliphatic heterocycles. The molecule has 4 aliphatic carbocycles. The van der Waals surface area contributed by atoms with Crippen LogP contribution < -0.4 is 0 Å². The van der Waals surface area contributed by atoms with Gasteiger partial charge in [-0.2, -0.15) is 0 Å². The van der Waals surface area contributed by atoms with Gasteiger partial charge in [-0.05, 0) is 38.5 Å². The molecule has 0 aromatic heterocycles. The predicted molar refractivity (Wildman–Crippen MR) is 76.7 cm³/mol. The Morgan fingerprint density at radius 2 is 0.875 bits per heavy atom. The van der Waals surface area contributed by atoms with Crippen LogP contribution in [0.1, 0.15) is 38.5 Å². The van der Waals surface area contributed by atoms with E-state index in [1.54, 1.807) is 0 Å². The van der Waals surface area contributed by atoms with Crippen LogP contribution in [0, 0.1) is 21.7 Å². The van der Waals surface area contributed by atoms with Crippen LogP contribution in [-0.2, 0) is 28.7 Å². The molecule has 8 nitrogen and oxygen atoms in total. The molecule has 0 radical (unpaired) electrons. The lowest BCUT2D eigenvalue weighted by molar-refractivity contribution is -0.231. The lowest BCUT2D eigenvalue weighted by Crippen LogP contribution is -2.68. The molecular formula is C16H20O8. The largest absolute Gasteiger partial charge is 0.481 e. The van der Waals surface area contributed by atoms with E-state index >= 15 is 0 Å². The zero-order valence-electron chi connectivity index (χ0n) is 13.6. The first kappa shape index (κ1) is 16.7. The maximum Gasteiger partial charge on any atom is 0.311 e. The fourth-order valence-corrected chi connectivity index (χ4v) is 5.96. The third-order valence-electron chi connectivity index (χ3n) is 6.20. The zero-order valence-corrected chi connectivity index (χ0v) is 13.6. The van der Waals surface area contributed by atoms with Crippen LogP contribution in [0.5, 0.6) is 0 Å². The van der Waals surface area contributed by atoms with Gasteiger partial charge < -0.3 is 19.7 Å². The molecule has 4 saturated carbocycles. The zero-order chi connectivity index (χ0) is 18.0. The highest BCUT2D eigenvalue weighted by Gasteiger charge is 2.76. The number of esters is 2. The van der Waals surface area contributed by atoms with Gasteiger partial charge in [0.2, 0.25) is 0 Å². The van der Waals surface area contributed by atoms with E-state index in [-0.39, 0.29) is 38.5 Å². The van der Waals surface area contributed by atoms with Crippen LogP contribution >= 0.6 is 0 Å². The van der Waals surface area contributed by atoms with E-state index in [2.05, 4.69) is 0 Å². The Bertz CT molecular complexity index is 582. The van der Waals surface area contributed by atoms with Gasteiger partial charge in [0.1, 0.15) is 0 Å². The van der Waals surface area contributed by atoms with E-state index in [9.17, 15) is 29.4 Å². The standard InChI is InChI=1S/C16H20O8/c1-23-11(21)15-4-13(9(17)18)3-14(5-15,10(19)20)7-16(6-13,8-15)12(22)24-2/h3-8H2,1-2H3,(H,17,18)(H,19,20). The van der Waals surface area contributed by atoms with Gasteiger partial charge in [-0.25, -0.2) is 0 Å². The highest BCUT2D eigenvalue weighted by molar-refractivity contribution is 5.91. The topological polar surface area (TPSA) is 127 Å². The summed E-state index contributed by atoms with van der Waals surface area (Å²) >= 11 is 0. The average molecular weight is 340 g/mol. The summed E-state index contributed by atoms with van der Waals surface area (Å²) in [4.78, 5) is 49.0. The Labute approximate surface area is 138 Å². The number of hydrogen-bond donors (Lipinski definition) is 2. The molecule has 4 aliphatic rings. The van der Waals surface area contributed by atoms with Crippen molar-refractivity contribution in [3.05, 3.63) is 0 Å². The lowest BCUT2D eigenvalue weighted by atomic mass is 9.35. The molecule has 132 valence electrons. The predicted octanol–water partition coefficient (Wildman–Crippen LogP) is 0.829. The average Bonchev–Trinajstić information content (AvgIpc) is 2.51. The molecule has 0 amide bonds. The van der Waals surface area contributed by atoms with Gasteiger partial charge >= 0.3 is 23.9 Å². The van der Waals surface area contributed by atoms with Crippen molar-refractivity contribution in [3.8, 4) is 0 Å². The van der Waals surface area contributed by atoms with E-state index in [0.717, 1.165) is 0 Å². The smallest absolute Gasteiger partial charge is 0.311 e. The van der Waals surface area contributed by atoms with Crippen molar-refractivity contribution in [2.75, 3.05) is 14.2 Å². The molecule has 8 heteroatoms. The minimum Gasteiger partial charge on any atom is -0.481 e. The summed E-state index contributed by atoms with van der Waals surface area (Å²) in [5.74, 6) is -3.64. The minimum absolute atomic E-state index is 0.00419. The Kier molecular flexibility index (Phi) is 3.28. The number of rotatable bonds is 4. The molecule has 4 bridgehead atoms. The third-order valence-corrected chi connectivity index (χ3v) is 6.20. The van der Waals surface area contributed by atoms with Crippen molar-refractivity contribution in [2.45, 2.75) is 38.5 Å². The second-order valence-corrected chi connectivity index (χ2v) is 7.78. The highest BCUT2D eigenvalue weighted by Crippen LogP contribution is 2.74. The molecule has 0 saturated heterocycles. The summed E-state index contributed by atoms with van der Waals surface area (Å²) < 4.78 is 9.73. The van der Waals surface area contributed by atoms with Gasteiger partial charge in [0.05, 0.1) is 35.9 Å². The maximum absolute atomic E-state index is 12.5. The molecule has 4 fully saturated rings. The van der Waals surface area contributed by atoms with Gasteiger partial charge in [-0.15, -0.1) is 0 Å². The van der Waals surface area contributed by atoms with Crippen LogP contribution in [0.15, 0.2) is 0 Å². The van der Waals surface area contributed by atoms with Crippen molar-refractivity contribution in [2.24, 2.45) is 21.7 Å². The van der Waals surface area contributed by atoms with E-state index in [1.165, 1.54) is 14.2 Å². The second kappa shape index (κ2) is 4.70. The molecule has 4 rings (SSSR count). The highest BCUT2D eigenvalue weighted by atomic mass is 16.5. The third kappa shape index (κ3) is 1.85. The minimum atomic E-state index is -1.44. The number of aliphatic carboxylic acids is 2. The number of hydrogen-bond acceptors (Lipinski definition) is 6. The molecule has 24 heavy (non-hydrogen) atoms. The number of methoxy groups -OCH3 is 2. The van der Waals surface area contributed by atoms with Crippen molar-refractivity contribution in [1.29, 1.82) is 0 Å². The van der Waals surface area contributed by atoms with Crippen LogP contribution in [-0.4, -0.2) is 48.3 Å². The van der Waals surface area contributed by atoms with Gasteiger partial charge in [0.25, 0.3) is 0 Å². The molecular weight excluding hydrogens is 320 g/mol. The summed E-state index contributed by atoms with van der Waals surface area (Å²) in [5, 5.41) is 19.6. The van der Waals surface area contributed by atoms with Crippen LogP contribution in [0.3, 0.4) is 0 Å². The first-order chi connectivity index (χ1) is 11.1. The van der Waals surface area contributed by atoms with Crippen molar-refractivity contribution < 1.29 is 38.9 Å². The number of ether oxygens (including phenoxy) is 2. The fraction of sp³-hybridized carbons (Fsp3) is 0.750. The first-order valence-corrected chi connectivity index (χ1v) is 7.73. The normalized spacial score (nSPS) is 42.4. The summed E-state index contributed by atoms with van der Waals surface area (Å²) in [5.41, 5.74) is -5.44. The monoisotopic (exact) mass is 340 g/mol. The lowest BCUT2D eigenvalue weighted by Gasteiger charge is -2.65. The van der Waals surface area contributed by atoms with Crippen LogP contribution in [0.4, 0.5) is 0 Å². The molecule has 0 atom stereocenters. The van der Waals surface area contributed by atoms with Gasteiger partial charge in [0.15, 0.2) is 0 Å². The fourth-order valence-electron chi connectivity index (χ4n) is 5.96. The maximum atomic E-state index is 12.5. The first-order valence-electron chi connectivity index (χ1n) is 7.73. The summed E-state index contributed by atoms with van der Waals surface area (Å²) in [6.07, 6.45) is -0.0251. The molecule has 0 aromatic carbocycles. The number of carboxylic acids is 2. The summed E-state index contributed by atoms with van der Waals surface area (Å²) in [6.45, 7) is 0. The number of carbonyl (C=O) groups is 4. The number of carboxylic acid groups (broad SMARTS) is 2. The molecule has 0 aromatic rings. The Morgan fingerprint density at radius 3 is 1.12 bits per heavy atom. The van der Waals surface area contributed by atoms with Crippen molar-refractivity contribution >= 4 is 23.9 Å². The van der Waals surface area contributed by atoms with Crippen LogP contribution in [0.2, 0.25) is 0 Å². The number of carbonyl (C=O) groups excluding carboxylic acids is 2. The van der Waals surface area contributed by atoms with E-state index in [4.69, 9.17) is 9.47 Å². The Morgan fingerprint density at radius 1 is 0.625 bits per heavy atom. The molecule has 0 spiro atoms.